The first-order chi connectivity index (χ1) is 9.06. The van der Waals surface area contributed by atoms with Gasteiger partial charge in [0.1, 0.15) is 0 Å². The van der Waals surface area contributed by atoms with Crippen molar-refractivity contribution in [3.8, 4) is 0 Å². The molecule has 2 rings (SSSR count). The van der Waals surface area contributed by atoms with E-state index in [0.29, 0.717) is 0 Å². The van der Waals surface area contributed by atoms with Crippen LogP contribution in [0.5, 0.6) is 0 Å². The number of hydrogen-bond acceptors (Lipinski definition) is 3. The highest BCUT2D eigenvalue weighted by molar-refractivity contribution is 5.90. The van der Waals surface area contributed by atoms with Crippen LogP contribution in [0.4, 0.5) is 0 Å². The smallest absolute Gasteiger partial charge is 0.287 e. The molecule has 100 valence electrons. The average Bonchev–Trinajstić information content (AvgIpc) is 2.83. The summed E-state index contributed by atoms with van der Waals surface area (Å²) in [6.07, 6.45) is 0.867. The molecule has 5 heteroatoms. The van der Waals surface area contributed by atoms with Crippen molar-refractivity contribution in [2.45, 2.75) is 20.0 Å². The van der Waals surface area contributed by atoms with Crippen LogP contribution in [0.1, 0.15) is 33.5 Å². The normalized spacial score (nSPS) is 12.2. The van der Waals surface area contributed by atoms with Crippen LogP contribution in [0.25, 0.3) is 0 Å². The van der Waals surface area contributed by atoms with Gasteiger partial charge in [-0.25, -0.2) is 4.98 Å². The molecule has 0 unspecified atom stereocenters. The van der Waals surface area contributed by atoms with Gasteiger partial charge in [0.25, 0.3) is 5.91 Å². The Balaban J connectivity index is 1.91. The summed E-state index contributed by atoms with van der Waals surface area (Å²) in [7, 11) is 0. The van der Waals surface area contributed by atoms with Crippen LogP contribution in [0, 0.1) is 13.8 Å². The van der Waals surface area contributed by atoms with E-state index in [9.17, 15) is 9.90 Å². The molecule has 1 amide bonds. The van der Waals surface area contributed by atoms with Crippen LogP contribution in [0.3, 0.4) is 0 Å². The lowest BCUT2D eigenvalue weighted by Crippen LogP contribution is -2.29. The first kappa shape index (κ1) is 13.3. The molecule has 1 aromatic heterocycles. The van der Waals surface area contributed by atoms with E-state index >= 15 is 0 Å². The minimum absolute atomic E-state index is 0.154. The second-order valence-corrected chi connectivity index (χ2v) is 4.55. The molecule has 0 aliphatic heterocycles. The number of nitrogens with zero attached hydrogens (tertiary/aromatic N) is 1. The van der Waals surface area contributed by atoms with E-state index in [0.717, 1.165) is 16.8 Å². The van der Waals surface area contributed by atoms with Crippen molar-refractivity contribution >= 4 is 5.91 Å². The molecule has 0 aliphatic carbocycles. The zero-order valence-corrected chi connectivity index (χ0v) is 11.0. The first-order valence-corrected chi connectivity index (χ1v) is 6.10. The monoisotopic (exact) mass is 259 g/mol. The number of benzene rings is 1. The molecular formula is C14H17N3O2. The van der Waals surface area contributed by atoms with Crippen molar-refractivity contribution in [3.63, 3.8) is 0 Å². The van der Waals surface area contributed by atoms with E-state index in [2.05, 4.69) is 15.3 Å². The van der Waals surface area contributed by atoms with Crippen LogP contribution in [0.2, 0.25) is 0 Å². The molecular weight excluding hydrogens is 242 g/mol. The van der Waals surface area contributed by atoms with Gasteiger partial charge < -0.3 is 15.4 Å². The van der Waals surface area contributed by atoms with Crippen LogP contribution in [-0.4, -0.2) is 27.5 Å². The third kappa shape index (κ3) is 3.42. The number of aliphatic hydroxyl groups excluding tert-OH is 1. The fourth-order valence-electron chi connectivity index (χ4n) is 1.71. The average molecular weight is 259 g/mol. The summed E-state index contributed by atoms with van der Waals surface area (Å²) in [4.78, 5) is 18.5. The Hall–Kier alpha value is -2.14. The van der Waals surface area contributed by atoms with Gasteiger partial charge in [-0.2, -0.15) is 0 Å². The lowest BCUT2D eigenvalue weighted by atomic mass is 10.1. The van der Waals surface area contributed by atoms with Crippen molar-refractivity contribution < 1.29 is 9.90 Å². The number of imidazole rings is 1. The molecule has 0 radical (unpaired) electrons. The number of amides is 1. The van der Waals surface area contributed by atoms with Crippen molar-refractivity contribution in [1.29, 1.82) is 0 Å². The van der Waals surface area contributed by atoms with Crippen LogP contribution in [-0.2, 0) is 0 Å². The van der Waals surface area contributed by atoms with E-state index in [1.54, 1.807) is 6.20 Å². The summed E-state index contributed by atoms with van der Waals surface area (Å²) in [5.74, 6) is -0.0622. The van der Waals surface area contributed by atoms with Gasteiger partial charge in [0.05, 0.1) is 6.10 Å². The maximum absolute atomic E-state index is 11.7. The fraction of sp³-hybridized carbons (Fsp3) is 0.286. The third-order valence-electron chi connectivity index (χ3n) is 2.84. The molecule has 19 heavy (non-hydrogen) atoms. The number of rotatable bonds is 4. The highest BCUT2D eigenvalue weighted by atomic mass is 16.3. The van der Waals surface area contributed by atoms with Gasteiger partial charge in [-0.05, 0) is 19.4 Å². The van der Waals surface area contributed by atoms with E-state index in [1.807, 2.05) is 38.1 Å². The zero-order chi connectivity index (χ0) is 13.8. The minimum atomic E-state index is -0.722. The molecule has 0 aliphatic rings. The van der Waals surface area contributed by atoms with Crippen molar-refractivity contribution in [3.05, 3.63) is 53.1 Å². The Morgan fingerprint density at radius 1 is 1.37 bits per heavy atom. The van der Waals surface area contributed by atoms with Crippen molar-refractivity contribution in [2.75, 3.05) is 6.54 Å². The number of aliphatic hydroxyl groups is 1. The van der Waals surface area contributed by atoms with Crippen molar-refractivity contribution in [1.82, 2.24) is 15.3 Å². The number of nitrogens with one attached hydrogen (secondary N) is 2. The largest absolute Gasteiger partial charge is 0.387 e. The maximum Gasteiger partial charge on any atom is 0.287 e. The van der Waals surface area contributed by atoms with Crippen LogP contribution in [0.15, 0.2) is 30.5 Å². The summed E-state index contributed by atoms with van der Waals surface area (Å²) in [6, 6.07) is 7.55. The van der Waals surface area contributed by atoms with Gasteiger partial charge in [0.2, 0.25) is 0 Å². The molecule has 0 spiro atoms. The molecule has 1 heterocycles. The Labute approximate surface area is 111 Å². The minimum Gasteiger partial charge on any atom is -0.387 e. The van der Waals surface area contributed by atoms with Crippen LogP contribution >= 0.6 is 0 Å². The summed E-state index contributed by atoms with van der Waals surface area (Å²) in [6.45, 7) is 3.96. The topological polar surface area (TPSA) is 78.0 Å². The molecule has 3 N–H and O–H groups in total. The second-order valence-electron chi connectivity index (χ2n) is 4.55. The molecule has 1 aromatic carbocycles. The summed E-state index contributed by atoms with van der Waals surface area (Å²) < 4.78 is 0. The van der Waals surface area contributed by atoms with Gasteiger partial charge in [0.15, 0.2) is 5.82 Å². The van der Waals surface area contributed by atoms with Gasteiger partial charge in [-0.3, -0.25) is 4.79 Å². The van der Waals surface area contributed by atoms with E-state index in [1.165, 1.54) is 0 Å². The molecule has 1 atom stereocenters. The number of aromatic amines is 1. The van der Waals surface area contributed by atoms with Gasteiger partial charge in [0, 0.05) is 18.4 Å². The van der Waals surface area contributed by atoms with E-state index in [-0.39, 0.29) is 18.3 Å². The Morgan fingerprint density at radius 3 is 2.63 bits per heavy atom. The summed E-state index contributed by atoms with van der Waals surface area (Å²) in [5.41, 5.74) is 2.73. The standard InChI is InChI=1S/C14H17N3O2/c1-9-3-5-11(6-4-9)12(18)8-16-14(19)13-15-7-10(2)17-13/h3-7,12,18H,8H2,1-2H3,(H,15,17)(H,16,19)/t12-/m1/s1. The Kier molecular flexibility index (Phi) is 3.97. The highest BCUT2D eigenvalue weighted by Crippen LogP contribution is 2.12. The van der Waals surface area contributed by atoms with Gasteiger partial charge in [-0.15, -0.1) is 0 Å². The number of aryl methyl sites for hydroxylation is 2. The number of carbonyl (C=O) groups excluding carboxylic acids is 1. The van der Waals surface area contributed by atoms with Gasteiger partial charge in [-0.1, -0.05) is 29.8 Å². The fourth-order valence-corrected chi connectivity index (χ4v) is 1.71. The quantitative estimate of drug-likeness (QED) is 0.778. The number of H-pyrrole nitrogens is 1. The molecule has 0 saturated heterocycles. The predicted octanol–water partition coefficient (Wildman–Crippen LogP) is 1.49. The van der Waals surface area contributed by atoms with Crippen LogP contribution < -0.4 is 5.32 Å². The zero-order valence-electron chi connectivity index (χ0n) is 11.0. The SMILES string of the molecule is Cc1ccc([C@H](O)CNC(=O)c2ncc(C)[nH]2)cc1. The second kappa shape index (κ2) is 5.67. The number of aromatic nitrogens is 2. The first-order valence-electron chi connectivity index (χ1n) is 6.10. The lowest BCUT2D eigenvalue weighted by molar-refractivity contribution is 0.0907. The molecule has 2 aromatic rings. The van der Waals surface area contributed by atoms with E-state index < -0.39 is 6.10 Å². The third-order valence-corrected chi connectivity index (χ3v) is 2.84. The summed E-state index contributed by atoms with van der Waals surface area (Å²) in [5, 5.41) is 12.6. The van der Waals surface area contributed by atoms with E-state index in [4.69, 9.17) is 0 Å². The Bertz CT molecular complexity index is 560. The summed E-state index contributed by atoms with van der Waals surface area (Å²) >= 11 is 0. The molecule has 0 saturated carbocycles. The number of hydrogen-bond donors (Lipinski definition) is 3. The number of carbonyl (C=O) groups is 1. The predicted molar refractivity (Wildman–Crippen MR) is 71.8 cm³/mol. The molecule has 0 fully saturated rings. The highest BCUT2D eigenvalue weighted by Gasteiger charge is 2.12. The Morgan fingerprint density at radius 2 is 2.05 bits per heavy atom. The molecule has 0 bridgehead atoms. The van der Waals surface area contributed by atoms with Crippen molar-refractivity contribution in [2.24, 2.45) is 0 Å². The lowest BCUT2D eigenvalue weighted by Gasteiger charge is -2.11. The molecule has 5 nitrogen and oxygen atoms in total. The maximum atomic E-state index is 11.7. The van der Waals surface area contributed by atoms with Gasteiger partial charge >= 0.3 is 0 Å².